The van der Waals surface area contributed by atoms with Gasteiger partial charge in [-0.25, -0.2) is 8.42 Å². The molecule has 1 fully saturated rings. The Kier molecular flexibility index (Phi) is 2.71. The monoisotopic (exact) mass is 203 g/mol. The third-order valence-corrected chi connectivity index (χ3v) is 4.04. The molecule has 13 heavy (non-hydrogen) atoms. The second-order valence-corrected chi connectivity index (χ2v) is 6.33. The van der Waals surface area contributed by atoms with E-state index in [0.29, 0.717) is 19.0 Å². The molecule has 0 aromatic rings. The maximum Gasteiger partial charge on any atom is 0.153 e. The highest BCUT2D eigenvalue weighted by atomic mass is 32.2. The number of hydrogen-bond acceptors (Lipinski definition) is 3. The first-order valence-electron chi connectivity index (χ1n) is 4.45. The minimum atomic E-state index is -2.84. The van der Waals surface area contributed by atoms with E-state index in [9.17, 15) is 8.42 Å². The molecule has 1 rings (SSSR count). The fourth-order valence-electron chi connectivity index (χ4n) is 1.31. The van der Waals surface area contributed by atoms with E-state index in [1.165, 1.54) is 6.26 Å². The molecule has 1 heterocycles. The number of sulfone groups is 1. The smallest absolute Gasteiger partial charge is 0.153 e. The highest BCUT2D eigenvalue weighted by molar-refractivity contribution is 7.91. The molecular weight excluding hydrogens is 186 g/mol. The zero-order valence-corrected chi connectivity index (χ0v) is 9.26. The predicted molar refractivity (Wildman–Crippen MR) is 54.2 cm³/mol. The van der Waals surface area contributed by atoms with Crippen LogP contribution in [0.2, 0.25) is 0 Å². The molecule has 0 atom stereocenters. The van der Waals surface area contributed by atoms with Crippen molar-refractivity contribution in [3.63, 3.8) is 0 Å². The van der Waals surface area contributed by atoms with Crippen LogP contribution in [0.25, 0.3) is 0 Å². The first-order chi connectivity index (χ1) is 5.82. The van der Waals surface area contributed by atoms with E-state index in [0.717, 1.165) is 5.70 Å². The van der Waals surface area contributed by atoms with Gasteiger partial charge in [-0.3, -0.25) is 0 Å². The van der Waals surface area contributed by atoms with E-state index in [4.69, 9.17) is 0 Å². The van der Waals surface area contributed by atoms with Crippen LogP contribution in [0.1, 0.15) is 13.8 Å². The van der Waals surface area contributed by atoms with E-state index in [1.807, 2.05) is 4.90 Å². The molecule has 3 nitrogen and oxygen atoms in total. The Balaban J connectivity index is 2.47. The highest BCUT2D eigenvalue weighted by Crippen LogP contribution is 2.23. The van der Waals surface area contributed by atoms with Gasteiger partial charge in [0.05, 0.1) is 5.25 Å². The fourth-order valence-corrected chi connectivity index (χ4v) is 2.21. The van der Waals surface area contributed by atoms with Crippen molar-refractivity contribution in [3.05, 3.63) is 12.3 Å². The minimum Gasteiger partial charge on any atom is -0.372 e. The lowest BCUT2D eigenvalue weighted by atomic mass is 10.1. The second-order valence-electron chi connectivity index (χ2n) is 4.00. The summed E-state index contributed by atoms with van der Waals surface area (Å²) < 4.78 is 22.2. The van der Waals surface area contributed by atoms with Crippen molar-refractivity contribution < 1.29 is 8.42 Å². The molecule has 0 spiro atoms. The van der Waals surface area contributed by atoms with E-state index in [1.54, 1.807) is 0 Å². The summed E-state index contributed by atoms with van der Waals surface area (Å²) in [6, 6.07) is 0. The fraction of sp³-hybridized carbons (Fsp3) is 0.778. The summed E-state index contributed by atoms with van der Waals surface area (Å²) in [5.74, 6) is 0.403. The van der Waals surface area contributed by atoms with Gasteiger partial charge in [0.1, 0.15) is 0 Å². The lowest BCUT2D eigenvalue weighted by Crippen LogP contribution is -2.53. The van der Waals surface area contributed by atoms with Crippen molar-refractivity contribution in [2.75, 3.05) is 19.3 Å². The van der Waals surface area contributed by atoms with Crippen molar-refractivity contribution in [3.8, 4) is 0 Å². The largest absolute Gasteiger partial charge is 0.372 e. The summed E-state index contributed by atoms with van der Waals surface area (Å²) >= 11 is 0. The molecule has 0 amide bonds. The van der Waals surface area contributed by atoms with E-state index in [2.05, 4.69) is 20.4 Å². The third kappa shape index (κ3) is 2.24. The number of nitrogens with zero attached hydrogens (tertiary/aromatic N) is 1. The molecule has 1 aliphatic rings. The second kappa shape index (κ2) is 3.33. The highest BCUT2D eigenvalue weighted by Gasteiger charge is 2.35. The summed E-state index contributed by atoms with van der Waals surface area (Å²) in [6.07, 6.45) is 1.30. The zero-order valence-electron chi connectivity index (χ0n) is 8.45. The van der Waals surface area contributed by atoms with Gasteiger partial charge in [-0.15, -0.1) is 0 Å². The van der Waals surface area contributed by atoms with Gasteiger partial charge in [0, 0.05) is 25.0 Å². The summed E-state index contributed by atoms with van der Waals surface area (Å²) in [6.45, 7) is 9.30. The molecule has 76 valence electrons. The number of likely N-dealkylation sites (tertiary alicyclic amines) is 1. The molecule has 1 saturated heterocycles. The van der Waals surface area contributed by atoms with Gasteiger partial charge < -0.3 is 4.90 Å². The van der Waals surface area contributed by atoms with Crippen molar-refractivity contribution in [1.82, 2.24) is 4.90 Å². The average molecular weight is 203 g/mol. The lowest BCUT2D eigenvalue weighted by Gasteiger charge is -2.42. The first-order valence-corrected chi connectivity index (χ1v) is 6.40. The summed E-state index contributed by atoms with van der Waals surface area (Å²) in [7, 11) is -2.84. The molecule has 0 radical (unpaired) electrons. The van der Waals surface area contributed by atoms with Crippen LogP contribution in [0.4, 0.5) is 0 Å². The standard InChI is InChI=1S/C9H17NO2S/c1-7(2)8(3)10-5-9(6-10)13(4,11)12/h7,9H,3,5-6H2,1-2,4H3. The van der Waals surface area contributed by atoms with Gasteiger partial charge >= 0.3 is 0 Å². The summed E-state index contributed by atoms with van der Waals surface area (Å²) in [5.41, 5.74) is 1.04. The van der Waals surface area contributed by atoms with Crippen LogP contribution in [0.5, 0.6) is 0 Å². The molecule has 0 aromatic carbocycles. The Morgan fingerprint density at radius 2 is 1.92 bits per heavy atom. The molecule has 0 bridgehead atoms. The summed E-state index contributed by atoms with van der Waals surface area (Å²) in [5, 5.41) is -0.178. The first kappa shape index (κ1) is 10.6. The third-order valence-electron chi connectivity index (χ3n) is 2.53. The maximum atomic E-state index is 11.1. The molecule has 0 unspecified atom stereocenters. The topological polar surface area (TPSA) is 37.4 Å². The van der Waals surface area contributed by atoms with Crippen LogP contribution >= 0.6 is 0 Å². The Hall–Kier alpha value is -0.510. The van der Waals surface area contributed by atoms with Gasteiger partial charge in [0.25, 0.3) is 0 Å². The van der Waals surface area contributed by atoms with Crippen molar-refractivity contribution in [2.45, 2.75) is 19.1 Å². The van der Waals surface area contributed by atoms with Gasteiger partial charge in [-0.2, -0.15) is 0 Å². The van der Waals surface area contributed by atoms with Crippen LogP contribution in [0.15, 0.2) is 12.3 Å². The Labute approximate surface area is 80.3 Å². The quantitative estimate of drug-likeness (QED) is 0.683. The molecule has 0 aliphatic carbocycles. The van der Waals surface area contributed by atoms with Crippen LogP contribution < -0.4 is 0 Å². The molecular formula is C9H17NO2S. The zero-order chi connectivity index (χ0) is 10.2. The maximum absolute atomic E-state index is 11.1. The molecule has 0 aromatic heterocycles. The van der Waals surface area contributed by atoms with Crippen LogP contribution in [0, 0.1) is 5.92 Å². The lowest BCUT2D eigenvalue weighted by molar-refractivity contribution is 0.222. The summed E-state index contributed by atoms with van der Waals surface area (Å²) in [4.78, 5) is 2.04. The number of rotatable bonds is 3. The van der Waals surface area contributed by atoms with E-state index < -0.39 is 9.84 Å². The van der Waals surface area contributed by atoms with Crippen LogP contribution in [-0.2, 0) is 9.84 Å². The Morgan fingerprint density at radius 3 is 2.23 bits per heavy atom. The van der Waals surface area contributed by atoms with Gasteiger partial charge in [-0.1, -0.05) is 20.4 Å². The van der Waals surface area contributed by atoms with Crippen LogP contribution in [0.3, 0.4) is 0 Å². The SMILES string of the molecule is C=C(C(C)C)N1CC(S(C)(=O)=O)C1. The minimum absolute atomic E-state index is 0.178. The Bertz CT molecular complexity index is 300. The molecule has 0 saturated carbocycles. The predicted octanol–water partition coefficient (Wildman–Crippen LogP) is 0.885. The van der Waals surface area contributed by atoms with E-state index >= 15 is 0 Å². The van der Waals surface area contributed by atoms with Gasteiger partial charge in [-0.05, 0) is 5.92 Å². The van der Waals surface area contributed by atoms with Gasteiger partial charge in [0.2, 0.25) is 0 Å². The van der Waals surface area contributed by atoms with E-state index in [-0.39, 0.29) is 5.25 Å². The van der Waals surface area contributed by atoms with Gasteiger partial charge in [0.15, 0.2) is 9.84 Å². The molecule has 0 N–H and O–H groups in total. The van der Waals surface area contributed by atoms with Crippen molar-refractivity contribution in [1.29, 1.82) is 0 Å². The normalized spacial score (nSPS) is 18.9. The molecule has 1 aliphatic heterocycles. The number of allylic oxidation sites excluding steroid dienone is 1. The van der Waals surface area contributed by atoms with Crippen molar-refractivity contribution >= 4 is 9.84 Å². The Morgan fingerprint density at radius 1 is 1.46 bits per heavy atom. The van der Waals surface area contributed by atoms with Crippen molar-refractivity contribution in [2.24, 2.45) is 5.92 Å². The molecule has 4 heteroatoms. The number of hydrogen-bond donors (Lipinski definition) is 0. The average Bonchev–Trinajstić information content (AvgIpc) is 1.79. The van der Waals surface area contributed by atoms with Crippen LogP contribution in [-0.4, -0.2) is 37.9 Å².